The van der Waals surface area contributed by atoms with Gasteiger partial charge in [-0.1, -0.05) is 23.2 Å². The molecule has 0 aliphatic rings. The highest BCUT2D eigenvalue weighted by atomic mass is 35.5. The first kappa shape index (κ1) is 6.84. The Balaban J connectivity index is 3.25. The highest BCUT2D eigenvalue weighted by Gasteiger charge is 2.00. The standard InChI is InChI=1S/C6H2Cl2F/c7-4-2-1-3-5(9)6(4)8/h2-3H. The summed E-state index contributed by atoms with van der Waals surface area (Å²) in [4.78, 5) is 0. The number of hydrogen-bond donors (Lipinski definition) is 0. The van der Waals surface area contributed by atoms with Crippen molar-refractivity contribution in [3.63, 3.8) is 0 Å². The van der Waals surface area contributed by atoms with E-state index in [-0.39, 0.29) is 10.0 Å². The molecule has 3 heteroatoms. The van der Waals surface area contributed by atoms with E-state index in [4.69, 9.17) is 23.2 Å². The van der Waals surface area contributed by atoms with E-state index in [0.717, 1.165) is 6.07 Å². The van der Waals surface area contributed by atoms with Gasteiger partial charge in [-0.05, 0) is 18.2 Å². The average Bonchev–Trinajstić information content (AvgIpc) is 1.83. The molecule has 0 atom stereocenters. The summed E-state index contributed by atoms with van der Waals surface area (Å²) in [5.74, 6) is -0.538. The van der Waals surface area contributed by atoms with Gasteiger partial charge in [0.25, 0.3) is 0 Å². The molecule has 0 bridgehead atoms. The molecule has 0 aliphatic heterocycles. The van der Waals surface area contributed by atoms with E-state index < -0.39 is 5.82 Å². The van der Waals surface area contributed by atoms with Crippen LogP contribution in [0.2, 0.25) is 10.0 Å². The van der Waals surface area contributed by atoms with Gasteiger partial charge in [-0.15, -0.1) is 0 Å². The van der Waals surface area contributed by atoms with Crippen molar-refractivity contribution >= 4 is 23.2 Å². The maximum atomic E-state index is 12.3. The fraction of sp³-hybridized carbons (Fsp3) is 0. The molecule has 0 fully saturated rings. The fourth-order valence-corrected chi connectivity index (χ4v) is 0.691. The lowest BCUT2D eigenvalue weighted by Crippen LogP contribution is -1.74. The first-order valence-electron chi connectivity index (χ1n) is 2.22. The van der Waals surface area contributed by atoms with Crippen LogP contribution in [0.3, 0.4) is 0 Å². The van der Waals surface area contributed by atoms with Gasteiger partial charge in [-0.25, -0.2) is 4.39 Å². The summed E-state index contributed by atoms with van der Waals surface area (Å²) >= 11 is 10.8. The number of benzene rings is 1. The van der Waals surface area contributed by atoms with E-state index in [1.807, 2.05) is 0 Å². The van der Waals surface area contributed by atoms with Gasteiger partial charge in [0.05, 0.1) is 10.0 Å². The molecule has 1 rings (SSSR count). The van der Waals surface area contributed by atoms with E-state index in [1.54, 1.807) is 0 Å². The maximum Gasteiger partial charge on any atom is 0.143 e. The SMILES string of the molecule is Fc1c[c]cc(Cl)c1Cl. The maximum absolute atomic E-state index is 12.3. The van der Waals surface area contributed by atoms with Crippen LogP contribution in [-0.4, -0.2) is 0 Å². The molecular weight excluding hydrogens is 162 g/mol. The molecule has 0 saturated heterocycles. The summed E-state index contributed by atoms with van der Waals surface area (Å²) in [6.45, 7) is 0. The van der Waals surface area contributed by atoms with E-state index in [1.165, 1.54) is 6.07 Å². The van der Waals surface area contributed by atoms with Gasteiger partial charge in [-0.3, -0.25) is 0 Å². The molecule has 1 aromatic carbocycles. The molecule has 0 unspecified atom stereocenters. The Hall–Kier alpha value is -0.270. The van der Waals surface area contributed by atoms with Crippen LogP contribution < -0.4 is 0 Å². The smallest absolute Gasteiger partial charge is 0.143 e. The fourth-order valence-electron chi connectivity index (χ4n) is 0.429. The van der Waals surface area contributed by atoms with Crippen molar-refractivity contribution in [1.29, 1.82) is 0 Å². The van der Waals surface area contributed by atoms with Crippen molar-refractivity contribution in [2.45, 2.75) is 0 Å². The largest absolute Gasteiger partial charge is 0.205 e. The van der Waals surface area contributed by atoms with Crippen LogP contribution in [-0.2, 0) is 0 Å². The third-order valence-corrected chi connectivity index (χ3v) is 1.62. The third-order valence-electron chi connectivity index (χ3n) is 0.839. The third kappa shape index (κ3) is 1.35. The Morgan fingerprint density at radius 3 is 2.44 bits per heavy atom. The Morgan fingerprint density at radius 2 is 2.00 bits per heavy atom. The van der Waals surface area contributed by atoms with Gasteiger partial charge in [0, 0.05) is 0 Å². The van der Waals surface area contributed by atoms with Crippen molar-refractivity contribution in [2.75, 3.05) is 0 Å². The average molecular weight is 164 g/mol. The van der Waals surface area contributed by atoms with Gasteiger partial charge in [0.1, 0.15) is 5.82 Å². The van der Waals surface area contributed by atoms with Crippen LogP contribution in [0.4, 0.5) is 4.39 Å². The minimum atomic E-state index is -0.538. The molecule has 0 saturated carbocycles. The van der Waals surface area contributed by atoms with E-state index >= 15 is 0 Å². The van der Waals surface area contributed by atoms with Gasteiger partial charge in [0.15, 0.2) is 0 Å². The number of halogens is 3. The summed E-state index contributed by atoms with van der Waals surface area (Å²) in [6, 6.07) is 5.02. The van der Waals surface area contributed by atoms with Gasteiger partial charge in [-0.2, -0.15) is 0 Å². The lowest BCUT2D eigenvalue weighted by molar-refractivity contribution is 0.628. The van der Waals surface area contributed by atoms with Crippen LogP contribution in [0.5, 0.6) is 0 Å². The molecule has 47 valence electrons. The van der Waals surface area contributed by atoms with Crippen molar-refractivity contribution in [2.24, 2.45) is 0 Å². The van der Waals surface area contributed by atoms with Crippen LogP contribution in [0.15, 0.2) is 12.1 Å². The zero-order chi connectivity index (χ0) is 6.85. The van der Waals surface area contributed by atoms with Crippen molar-refractivity contribution in [3.8, 4) is 0 Å². The molecule has 9 heavy (non-hydrogen) atoms. The van der Waals surface area contributed by atoms with Crippen LogP contribution in [0, 0.1) is 11.9 Å². The topological polar surface area (TPSA) is 0 Å². The zero-order valence-electron chi connectivity index (χ0n) is 4.29. The van der Waals surface area contributed by atoms with Gasteiger partial charge >= 0.3 is 0 Å². The molecule has 0 spiro atoms. The summed E-state index contributed by atoms with van der Waals surface area (Å²) in [7, 11) is 0. The molecule has 0 aromatic heterocycles. The first-order chi connectivity index (χ1) is 4.22. The molecular formula is C6H2Cl2F. The van der Waals surface area contributed by atoms with E-state index in [2.05, 4.69) is 6.07 Å². The molecule has 0 amide bonds. The molecule has 1 radical (unpaired) electrons. The van der Waals surface area contributed by atoms with Gasteiger partial charge < -0.3 is 0 Å². The minimum Gasteiger partial charge on any atom is -0.205 e. The Morgan fingerprint density at radius 1 is 1.33 bits per heavy atom. The van der Waals surface area contributed by atoms with Gasteiger partial charge in [0.2, 0.25) is 0 Å². The number of rotatable bonds is 0. The van der Waals surface area contributed by atoms with E-state index in [0.29, 0.717) is 0 Å². The van der Waals surface area contributed by atoms with Crippen LogP contribution >= 0.6 is 23.2 Å². The molecule has 0 nitrogen and oxygen atoms in total. The second-order valence-electron chi connectivity index (χ2n) is 1.47. The second-order valence-corrected chi connectivity index (χ2v) is 2.25. The molecule has 1 aromatic rings. The molecule has 0 N–H and O–H groups in total. The first-order valence-corrected chi connectivity index (χ1v) is 2.98. The summed E-state index contributed by atoms with van der Waals surface area (Å²) in [5.41, 5.74) is 0. The van der Waals surface area contributed by atoms with Crippen LogP contribution in [0.1, 0.15) is 0 Å². The Kier molecular flexibility index (Phi) is 1.94. The predicted molar refractivity (Wildman–Crippen MR) is 35.3 cm³/mol. The van der Waals surface area contributed by atoms with Crippen LogP contribution in [0.25, 0.3) is 0 Å². The summed E-state index contributed by atoms with van der Waals surface area (Å²) in [6.07, 6.45) is 0. The van der Waals surface area contributed by atoms with Crippen molar-refractivity contribution < 1.29 is 4.39 Å². The lowest BCUT2D eigenvalue weighted by atomic mass is 10.3. The second kappa shape index (κ2) is 2.54. The number of hydrogen-bond acceptors (Lipinski definition) is 0. The molecule has 0 heterocycles. The lowest BCUT2D eigenvalue weighted by Gasteiger charge is -1.92. The Labute approximate surface area is 62.2 Å². The van der Waals surface area contributed by atoms with Crippen molar-refractivity contribution in [3.05, 3.63) is 34.1 Å². The quantitative estimate of drug-likeness (QED) is 0.517. The van der Waals surface area contributed by atoms with E-state index in [9.17, 15) is 4.39 Å². The summed E-state index contributed by atoms with van der Waals surface area (Å²) in [5, 5.41) is 0.145. The monoisotopic (exact) mass is 163 g/mol. The van der Waals surface area contributed by atoms with Crippen molar-refractivity contribution in [1.82, 2.24) is 0 Å². The minimum absolute atomic E-state index is 0.0459. The molecule has 0 aliphatic carbocycles. The predicted octanol–water partition coefficient (Wildman–Crippen LogP) is 2.93. The summed E-state index contributed by atoms with van der Waals surface area (Å²) < 4.78 is 12.3. The highest BCUT2D eigenvalue weighted by Crippen LogP contribution is 2.23. The highest BCUT2D eigenvalue weighted by molar-refractivity contribution is 6.42. The Bertz CT molecular complexity index is 202. The normalized spacial score (nSPS) is 9.67. The zero-order valence-corrected chi connectivity index (χ0v) is 5.80.